The lowest BCUT2D eigenvalue weighted by Gasteiger charge is -2.50. The van der Waals surface area contributed by atoms with Crippen LogP contribution in [0.25, 0.3) is 0 Å². The van der Waals surface area contributed by atoms with Crippen LogP contribution in [0.5, 0.6) is 0 Å². The van der Waals surface area contributed by atoms with Gasteiger partial charge in [-0.2, -0.15) is 0 Å². The molecule has 2 heterocycles. The summed E-state index contributed by atoms with van der Waals surface area (Å²) in [6, 6.07) is 16.7. The van der Waals surface area contributed by atoms with Crippen molar-refractivity contribution in [2.24, 2.45) is 0 Å². The standard InChI is InChI=1S/C23H25N3O3/c1-16(2)25-21(28)18-10-6-7-11-19(18)26-20(27)12-14-23(25,26)22(29)24-15-13-17-8-4-3-5-9-17/h3-11,16H,12-15H2,1-2H3,(H,24,29). The molecule has 1 N–H and O–H groups in total. The maximum Gasteiger partial charge on any atom is 0.267 e. The van der Waals surface area contributed by atoms with Crippen molar-refractivity contribution in [1.29, 1.82) is 0 Å². The molecule has 1 saturated heterocycles. The van der Waals surface area contributed by atoms with Gasteiger partial charge in [0, 0.05) is 25.4 Å². The molecular weight excluding hydrogens is 366 g/mol. The molecule has 2 aromatic rings. The Morgan fingerprint density at radius 2 is 1.76 bits per heavy atom. The number of benzene rings is 2. The molecule has 0 saturated carbocycles. The molecular formula is C23H25N3O3. The maximum atomic E-state index is 13.5. The average Bonchev–Trinajstić information content (AvgIpc) is 3.07. The van der Waals surface area contributed by atoms with E-state index in [0.717, 1.165) is 5.56 Å². The molecule has 2 aliphatic heterocycles. The van der Waals surface area contributed by atoms with Gasteiger partial charge in [-0.25, -0.2) is 0 Å². The molecule has 0 bridgehead atoms. The Hall–Kier alpha value is -3.15. The van der Waals surface area contributed by atoms with E-state index in [1.165, 1.54) is 0 Å². The van der Waals surface area contributed by atoms with Gasteiger partial charge in [-0.15, -0.1) is 0 Å². The third kappa shape index (κ3) is 2.99. The number of anilines is 1. The third-order valence-corrected chi connectivity index (χ3v) is 5.72. The van der Waals surface area contributed by atoms with Gasteiger partial charge in [0.15, 0.2) is 0 Å². The fourth-order valence-electron chi connectivity index (χ4n) is 4.51. The van der Waals surface area contributed by atoms with Crippen LogP contribution in [0.2, 0.25) is 0 Å². The van der Waals surface area contributed by atoms with Gasteiger partial charge >= 0.3 is 0 Å². The lowest BCUT2D eigenvalue weighted by Crippen LogP contribution is -2.72. The molecule has 0 aliphatic carbocycles. The first kappa shape index (κ1) is 19.2. The number of hydrogen-bond acceptors (Lipinski definition) is 3. The van der Waals surface area contributed by atoms with Gasteiger partial charge in [0.2, 0.25) is 11.6 Å². The number of carbonyl (C=O) groups excluding carboxylic acids is 3. The molecule has 3 amide bonds. The molecule has 0 spiro atoms. The van der Waals surface area contributed by atoms with Crippen molar-refractivity contribution in [1.82, 2.24) is 10.2 Å². The molecule has 1 fully saturated rings. The molecule has 0 radical (unpaired) electrons. The predicted molar refractivity (Wildman–Crippen MR) is 110 cm³/mol. The van der Waals surface area contributed by atoms with E-state index in [2.05, 4.69) is 5.32 Å². The Balaban J connectivity index is 1.69. The second-order valence-electron chi connectivity index (χ2n) is 7.82. The van der Waals surface area contributed by atoms with Crippen molar-refractivity contribution in [3.05, 3.63) is 65.7 Å². The highest BCUT2D eigenvalue weighted by atomic mass is 16.2. The number of carbonyl (C=O) groups is 3. The molecule has 1 unspecified atom stereocenters. The maximum absolute atomic E-state index is 13.5. The number of amides is 3. The summed E-state index contributed by atoms with van der Waals surface area (Å²) in [6.45, 7) is 4.20. The van der Waals surface area contributed by atoms with E-state index < -0.39 is 5.66 Å². The van der Waals surface area contributed by atoms with Crippen LogP contribution in [0.15, 0.2) is 54.6 Å². The number of fused-ring (bicyclic) bond motifs is 3. The van der Waals surface area contributed by atoms with E-state index in [1.54, 1.807) is 34.1 Å². The van der Waals surface area contributed by atoms with E-state index in [4.69, 9.17) is 0 Å². The van der Waals surface area contributed by atoms with Crippen LogP contribution < -0.4 is 10.2 Å². The largest absolute Gasteiger partial charge is 0.352 e. The smallest absolute Gasteiger partial charge is 0.267 e. The highest BCUT2D eigenvalue weighted by Gasteiger charge is 2.61. The number of nitrogens with zero attached hydrogens (tertiary/aromatic N) is 2. The zero-order valence-corrected chi connectivity index (χ0v) is 16.7. The van der Waals surface area contributed by atoms with E-state index in [9.17, 15) is 14.4 Å². The first-order chi connectivity index (χ1) is 14.0. The van der Waals surface area contributed by atoms with E-state index in [1.807, 2.05) is 44.2 Å². The van der Waals surface area contributed by atoms with Crippen LogP contribution in [-0.4, -0.2) is 40.9 Å². The summed E-state index contributed by atoms with van der Waals surface area (Å²) < 4.78 is 0. The van der Waals surface area contributed by atoms with Gasteiger partial charge in [0.1, 0.15) is 0 Å². The highest BCUT2D eigenvalue weighted by molar-refractivity contribution is 6.16. The first-order valence-corrected chi connectivity index (χ1v) is 10.0. The van der Waals surface area contributed by atoms with Crippen LogP contribution in [0.4, 0.5) is 5.69 Å². The summed E-state index contributed by atoms with van der Waals surface area (Å²) >= 11 is 0. The van der Waals surface area contributed by atoms with Crippen molar-refractivity contribution in [3.8, 4) is 0 Å². The molecule has 4 rings (SSSR count). The molecule has 29 heavy (non-hydrogen) atoms. The molecule has 2 aliphatic rings. The van der Waals surface area contributed by atoms with Gasteiger partial charge in [-0.3, -0.25) is 19.3 Å². The highest BCUT2D eigenvalue weighted by Crippen LogP contribution is 2.45. The van der Waals surface area contributed by atoms with Gasteiger partial charge in [-0.05, 0) is 38.0 Å². The quantitative estimate of drug-likeness (QED) is 0.852. The van der Waals surface area contributed by atoms with Gasteiger partial charge < -0.3 is 10.2 Å². The fraction of sp³-hybridized carbons (Fsp3) is 0.348. The van der Waals surface area contributed by atoms with Crippen LogP contribution in [0.3, 0.4) is 0 Å². The minimum absolute atomic E-state index is 0.131. The number of para-hydroxylation sites is 1. The van der Waals surface area contributed by atoms with E-state index >= 15 is 0 Å². The lowest BCUT2D eigenvalue weighted by molar-refractivity contribution is -0.134. The number of hydrogen-bond donors (Lipinski definition) is 1. The van der Waals surface area contributed by atoms with Crippen LogP contribution in [-0.2, 0) is 16.0 Å². The Morgan fingerprint density at radius 1 is 1.07 bits per heavy atom. The summed E-state index contributed by atoms with van der Waals surface area (Å²) in [4.78, 5) is 42.8. The molecule has 0 aromatic heterocycles. The van der Waals surface area contributed by atoms with Crippen molar-refractivity contribution in [3.63, 3.8) is 0 Å². The molecule has 2 aromatic carbocycles. The van der Waals surface area contributed by atoms with E-state index in [-0.39, 0.29) is 30.2 Å². The monoisotopic (exact) mass is 391 g/mol. The Morgan fingerprint density at radius 3 is 2.48 bits per heavy atom. The van der Waals surface area contributed by atoms with Crippen molar-refractivity contribution in [2.75, 3.05) is 11.4 Å². The summed E-state index contributed by atoms with van der Waals surface area (Å²) in [6.07, 6.45) is 1.21. The second kappa shape index (κ2) is 7.35. The molecule has 6 nitrogen and oxygen atoms in total. The van der Waals surface area contributed by atoms with Crippen LogP contribution >= 0.6 is 0 Å². The van der Waals surface area contributed by atoms with Crippen molar-refractivity contribution >= 4 is 23.4 Å². The zero-order chi connectivity index (χ0) is 20.6. The van der Waals surface area contributed by atoms with Crippen molar-refractivity contribution < 1.29 is 14.4 Å². The van der Waals surface area contributed by atoms with Crippen molar-refractivity contribution in [2.45, 2.75) is 44.8 Å². The number of nitrogens with one attached hydrogen (secondary N) is 1. The molecule has 6 heteroatoms. The summed E-state index contributed by atoms with van der Waals surface area (Å²) in [7, 11) is 0. The Labute approximate surface area is 170 Å². The zero-order valence-electron chi connectivity index (χ0n) is 16.7. The summed E-state index contributed by atoms with van der Waals surface area (Å²) in [5, 5.41) is 2.99. The van der Waals surface area contributed by atoms with Crippen LogP contribution in [0, 0.1) is 0 Å². The number of rotatable bonds is 5. The normalized spacial score (nSPS) is 20.7. The van der Waals surface area contributed by atoms with Gasteiger partial charge in [0.05, 0.1) is 11.3 Å². The summed E-state index contributed by atoms with van der Waals surface area (Å²) in [5.74, 6) is -0.635. The topological polar surface area (TPSA) is 69.7 Å². The molecule has 1 atom stereocenters. The Kier molecular flexibility index (Phi) is 4.86. The van der Waals surface area contributed by atoms with Gasteiger partial charge in [-0.1, -0.05) is 42.5 Å². The SMILES string of the molecule is CC(C)N1C(=O)c2ccccc2N2C(=O)CCC21C(=O)NCCc1ccccc1. The van der Waals surface area contributed by atoms with Gasteiger partial charge in [0.25, 0.3) is 11.8 Å². The second-order valence-corrected chi connectivity index (χ2v) is 7.82. The minimum atomic E-state index is -1.31. The third-order valence-electron chi connectivity index (χ3n) is 5.72. The summed E-state index contributed by atoms with van der Waals surface area (Å²) in [5.41, 5.74) is 0.794. The predicted octanol–water partition coefficient (Wildman–Crippen LogP) is 2.73. The average molecular weight is 391 g/mol. The lowest BCUT2D eigenvalue weighted by atomic mass is 9.94. The molecule has 150 valence electrons. The Bertz CT molecular complexity index is 957. The fourth-order valence-corrected chi connectivity index (χ4v) is 4.51. The first-order valence-electron chi connectivity index (χ1n) is 10.0. The minimum Gasteiger partial charge on any atom is -0.352 e. The van der Waals surface area contributed by atoms with E-state index in [0.29, 0.717) is 30.6 Å². The van der Waals surface area contributed by atoms with Crippen LogP contribution in [0.1, 0.15) is 42.6 Å².